The Bertz CT molecular complexity index is 724. The van der Waals surface area contributed by atoms with Crippen molar-refractivity contribution in [2.24, 2.45) is 0 Å². The molecule has 0 amide bonds. The molecule has 0 saturated carbocycles. The van der Waals surface area contributed by atoms with Crippen molar-refractivity contribution in [3.63, 3.8) is 0 Å². The van der Waals surface area contributed by atoms with Crippen LogP contribution in [0.4, 0.5) is 0 Å². The van der Waals surface area contributed by atoms with Gasteiger partial charge in [0.15, 0.2) is 0 Å². The molecule has 3 heterocycles. The minimum Gasteiger partial charge on any atom is -0.468 e. The number of furan rings is 1. The fourth-order valence-corrected chi connectivity index (χ4v) is 4.45. The third kappa shape index (κ3) is 3.65. The van der Waals surface area contributed by atoms with Gasteiger partial charge in [-0.25, -0.2) is 9.71 Å². The molecule has 2 aromatic heterocycles. The van der Waals surface area contributed by atoms with Crippen molar-refractivity contribution in [3.05, 3.63) is 42.4 Å². The largest absolute Gasteiger partial charge is 0.468 e. The summed E-state index contributed by atoms with van der Waals surface area (Å²) in [5.41, 5.74) is 0. The maximum Gasteiger partial charge on any atom is 0.280 e. The maximum atomic E-state index is 12.5. The smallest absolute Gasteiger partial charge is 0.280 e. The molecule has 1 aliphatic heterocycles. The van der Waals surface area contributed by atoms with E-state index in [1.807, 2.05) is 23.8 Å². The van der Waals surface area contributed by atoms with E-state index in [0.29, 0.717) is 18.8 Å². The van der Waals surface area contributed by atoms with E-state index in [1.54, 1.807) is 18.5 Å². The van der Waals surface area contributed by atoms with E-state index in [1.165, 1.54) is 4.31 Å². The fraction of sp³-hybridized carbons (Fsp3) is 0.533. The molecule has 0 spiro atoms. The number of aromatic nitrogens is 2. The zero-order valence-corrected chi connectivity index (χ0v) is 14.0. The average Bonchev–Trinajstić information content (AvgIpc) is 3.25. The third-order valence-electron chi connectivity index (χ3n) is 4.17. The Hall–Kier alpha value is -1.64. The van der Waals surface area contributed by atoms with Gasteiger partial charge in [-0.15, -0.1) is 0 Å². The van der Waals surface area contributed by atoms with Crippen LogP contribution in [0.3, 0.4) is 0 Å². The van der Waals surface area contributed by atoms with Gasteiger partial charge in [-0.1, -0.05) is 0 Å². The van der Waals surface area contributed by atoms with Gasteiger partial charge in [0.05, 0.1) is 12.3 Å². The first kappa shape index (κ1) is 16.2. The molecule has 1 aliphatic rings. The van der Waals surface area contributed by atoms with Crippen LogP contribution in [-0.4, -0.2) is 35.4 Å². The molecule has 1 atom stereocenters. The number of hydrogen-bond acceptors (Lipinski definition) is 4. The molecule has 8 heteroatoms. The quantitative estimate of drug-likeness (QED) is 0.781. The summed E-state index contributed by atoms with van der Waals surface area (Å²) in [7, 11) is -3.49. The first-order valence-corrected chi connectivity index (χ1v) is 9.29. The molecular weight excluding hydrogens is 316 g/mol. The van der Waals surface area contributed by atoms with Crippen molar-refractivity contribution in [1.29, 1.82) is 0 Å². The van der Waals surface area contributed by atoms with E-state index in [4.69, 9.17) is 4.42 Å². The highest BCUT2D eigenvalue weighted by molar-refractivity contribution is 7.87. The summed E-state index contributed by atoms with van der Waals surface area (Å²) in [6.07, 6.45) is 7.59. The zero-order valence-electron chi connectivity index (χ0n) is 13.2. The number of nitrogens with zero attached hydrogens (tertiary/aromatic N) is 3. The first-order chi connectivity index (χ1) is 11.1. The van der Waals surface area contributed by atoms with Crippen LogP contribution in [0, 0.1) is 6.92 Å². The second kappa shape index (κ2) is 6.86. The molecule has 1 saturated heterocycles. The van der Waals surface area contributed by atoms with E-state index in [0.717, 1.165) is 31.6 Å². The van der Waals surface area contributed by atoms with Crippen LogP contribution in [0.15, 0.2) is 35.2 Å². The molecule has 0 unspecified atom stereocenters. The molecule has 0 aliphatic carbocycles. The summed E-state index contributed by atoms with van der Waals surface area (Å²) >= 11 is 0. The highest BCUT2D eigenvalue weighted by Gasteiger charge is 2.36. The predicted octanol–water partition coefficient (Wildman–Crippen LogP) is 1.85. The summed E-state index contributed by atoms with van der Waals surface area (Å²) in [6, 6.07) is 3.43. The highest BCUT2D eigenvalue weighted by atomic mass is 32.2. The van der Waals surface area contributed by atoms with Crippen LogP contribution in [0.5, 0.6) is 0 Å². The molecule has 23 heavy (non-hydrogen) atoms. The minimum absolute atomic E-state index is 0.196. The minimum atomic E-state index is -3.49. The Kier molecular flexibility index (Phi) is 4.84. The van der Waals surface area contributed by atoms with E-state index in [9.17, 15) is 8.42 Å². The topological polar surface area (TPSA) is 80.4 Å². The lowest BCUT2D eigenvalue weighted by molar-refractivity contribution is 0.335. The van der Waals surface area contributed by atoms with Crippen LogP contribution in [0.1, 0.15) is 36.9 Å². The van der Waals surface area contributed by atoms with Crippen molar-refractivity contribution in [2.75, 3.05) is 13.1 Å². The number of rotatable bonds is 7. The van der Waals surface area contributed by atoms with Crippen molar-refractivity contribution >= 4 is 10.2 Å². The Balaban J connectivity index is 1.55. The zero-order chi connectivity index (χ0) is 16.3. The Labute approximate surface area is 136 Å². The second-order valence-electron chi connectivity index (χ2n) is 5.70. The summed E-state index contributed by atoms with van der Waals surface area (Å²) in [6.45, 7) is 3.61. The average molecular weight is 338 g/mol. The van der Waals surface area contributed by atoms with Gasteiger partial charge < -0.3 is 8.98 Å². The molecule has 2 aromatic rings. The van der Waals surface area contributed by atoms with E-state index < -0.39 is 10.2 Å². The van der Waals surface area contributed by atoms with Gasteiger partial charge >= 0.3 is 0 Å². The third-order valence-corrected chi connectivity index (χ3v) is 5.79. The van der Waals surface area contributed by atoms with Crippen molar-refractivity contribution in [2.45, 2.75) is 38.8 Å². The Morgan fingerprint density at radius 2 is 2.35 bits per heavy atom. The van der Waals surface area contributed by atoms with Gasteiger partial charge in [0.2, 0.25) is 0 Å². The van der Waals surface area contributed by atoms with E-state index >= 15 is 0 Å². The molecule has 3 rings (SSSR count). The molecular formula is C15H22N4O3S. The molecule has 1 fully saturated rings. The fourth-order valence-electron chi connectivity index (χ4n) is 2.97. The molecule has 0 aromatic carbocycles. The Morgan fingerprint density at radius 1 is 1.48 bits per heavy atom. The summed E-state index contributed by atoms with van der Waals surface area (Å²) in [4.78, 5) is 4.15. The van der Waals surface area contributed by atoms with Gasteiger partial charge in [-0.2, -0.15) is 12.7 Å². The lowest BCUT2D eigenvalue weighted by atomic mass is 10.2. The Morgan fingerprint density at radius 3 is 3.04 bits per heavy atom. The van der Waals surface area contributed by atoms with Gasteiger partial charge in [0, 0.05) is 32.0 Å². The van der Waals surface area contributed by atoms with Crippen molar-refractivity contribution < 1.29 is 12.8 Å². The summed E-state index contributed by atoms with van der Waals surface area (Å²) in [5, 5.41) is 0. The number of nitrogens with one attached hydrogen (secondary N) is 1. The van der Waals surface area contributed by atoms with Crippen LogP contribution >= 0.6 is 0 Å². The van der Waals surface area contributed by atoms with Gasteiger partial charge in [0.1, 0.15) is 11.6 Å². The molecule has 1 N–H and O–H groups in total. The van der Waals surface area contributed by atoms with Crippen molar-refractivity contribution in [3.8, 4) is 0 Å². The number of aryl methyl sites for hydroxylation is 2. The van der Waals surface area contributed by atoms with Gasteiger partial charge in [-0.05, 0) is 38.3 Å². The summed E-state index contributed by atoms with van der Waals surface area (Å²) < 4.78 is 36.6. The van der Waals surface area contributed by atoms with Crippen LogP contribution in [0.2, 0.25) is 0 Å². The van der Waals surface area contributed by atoms with Crippen LogP contribution in [-0.2, 0) is 16.8 Å². The summed E-state index contributed by atoms with van der Waals surface area (Å²) in [5.74, 6) is 1.65. The van der Waals surface area contributed by atoms with Crippen LogP contribution < -0.4 is 4.72 Å². The van der Waals surface area contributed by atoms with Gasteiger partial charge in [-0.3, -0.25) is 0 Å². The highest BCUT2D eigenvalue weighted by Crippen LogP contribution is 2.33. The van der Waals surface area contributed by atoms with E-state index in [-0.39, 0.29) is 6.04 Å². The molecule has 126 valence electrons. The normalized spacial score (nSPS) is 19.4. The van der Waals surface area contributed by atoms with Gasteiger partial charge in [0.25, 0.3) is 10.2 Å². The SMILES string of the molecule is Cc1nccn1CCCNS(=O)(=O)N1CCC[C@H]1c1ccco1. The standard InChI is InChI=1S/C15H22N4O3S/c1-13-16-8-11-18(13)9-4-7-17-23(20,21)19-10-2-5-14(19)15-6-3-12-22-15/h3,6,8,11-12,14,17H,2,4-5,7,9-10H2,1H3/t14-/m0/s1. The first-order valence-electron chi connectivity index (χ1n) is 7.85. The van der Waals surface area contributed by atoms with Crippen molar-refractivity contribution in [1.82, 2.24) is 18.6 Å². The monoisotopic (exact) mass is 338 g/mol. The van der Waals surface area contributed by atoms with E-state index in [2.05, 4.69) is 9.71 Å². The van der Waals surface area contributed by atoms with Crippen LogP contribution in [0.25, 0.3) is 0 Å². The lowest BCUT2D eigenvalue weighted by Crippen LogP contribution is -2.40. The number of hydrogen-bond donors (Lipinski definition) is 1. The second-order valence-corrected chi connectivity index (χ2v) is 7.41. The maximum absolute atomic E-state index is 12.5. The molecule has 0 radical (unpaired) electrons. The predicted molar refractivity (Wildman–Crippen MR) is 85.9 cm³/mol. The molecule has 7 nitrogen and oxygen atoms in total. The molecule has 0 bridgehead atoms. The number of imidazole rings is 1. The lowest BCUT2D eigenvalue weighted by Gasteiger charge is -2.22.